The van der Waals surface area contributed by atoms with E-state index in [1.54, 1.807) is 6.07 Å². The van der Waals surface area contributed by atoms with Crippen molar-refractivity contribution in [2.24, 2.45) is 10.9 Å². The zero-order valence-electron chi connectivity index (χ0n) is 10.2. The molecule has 0 aliphatic heterocycles. The molecule has 0 fully saturated rings. The number of benzene rings is 1. The van der Waals surface area contributed by atoms with Crippen LogP contribution >= 0.6 is 0 Å². The molecule has 1 heterocycles. The van der Waals surface area contributed by atoms with E-state index >= 15 is 0 Å². The highest BCUT2D eigenvalue weighted by Crippen LogP contribution is 2.29. The lowest BCUT2D eigenvalue weighted by molar-refractivity contribution is -0.137. The summed E-state index contributed by atoms with van der Waals surface area (Å²) < 4.78 is 39.3. The Kier molecular flexibility index (Phi) is 3.64. The van der Waals surface area contributed by atoms with Crippen molar-refractivity contribution < 1.29 is 18.4 Å². The third kappa shape index (κ3) is 2.90. The summed E-state index contributed by atoms with van der Waals surface area (Å²) in [5.41, 5.74) is 5.14. The maximum absolute atomic E-state index is 12.6. The molecule has 2 aromatic rings. The molecule has 8 heteroatoms. The number of oxime groups is 1. The molecule has 20 heavy (non-hydrogen) atoms. The number of nitrogens with zero attached hydrogens (tertiary/aromatic N) is 3. The lowest BCUT2D eigenvalue weighted by Gasteiger charge is -2.10. The van der Waals surface area contributed by atoms with Crippen LogP contribution in [-0.4, -0.2) is 20.6 Å². The van der Waals surface area contributed by atoms with Crippen molar-refractivity contribution in [1.82, 2.24) is 9.55 Å². The molecule has 0 saturated carbocycles. The largest absolute Gasteiger partial charge is 0.416 e. The molecule has 0 bridgehead atoms. The van der Waals surface area contributed by atoms with Gasteiger partial charge in [-0.15, -0.1) is 0 Å². The highest BCUT2D eigenvalue weighted by Gasteiger charge is 2.30. The molecule has 2 rings (SSSR count). The van der Waals surface area contributed by atoms with E-state index in [2.05, 4.69) is 10.1 Å². The summed E-state index contributed by atoms with van der Waals surface area (Å²) in [5.74, 6) is -0.0214. The Morgan fingerprint density at radius 3 is 2.80 bits per heavy atom. The first-order chi connectivity index (χ1) is 9.41. The summed E-state index contributed by atoms with van der Waals surface area (Å²) in [4.78, 5) is 3.88. The van der Waals surface area contributed by atoms with Crippen LogP contribution in [0.3, 0.4) is 0 Å². The lowest BCUT2D eigenvalue weighted by atomic mass is 10.1. The fourth-order valence-corrected chi connectivity index (χ4v) is 1.76. The number of halogens is 3. The van der Waals surface area contributed by atoms with Crippen LogP contribution in [0.4, 0.5) is 13.2 Å². The number of imidazole rings is 1. The molecule has 1 aromatic carbocycles. The molecule has 0 radical (unpaired) electrons. The number of rotatable bonds is 3. The first-order valence-corrected chi connectivity index (χ1v) is 5.57. The fraction of sp³-hybridized carbons (Fsp3) is 0.167. The van der Waals surface area contributed by atoms with E-state index in [-0.39, 0.29) is 18.2 Å². The van der Waals surface area contributed by atoms with E-state index in [9.17, 15) is 13.2 Å². The van der Waals surface area contributed by atoms with Gasteiger partial charge in [-0.1, -0.05) is 17.3 Å². The third-order valence-corrected chi connectivity index (χ3v) is 2.66. The van der Waals surface area contributed by atoms with Gasteiger partial charge in [0.1, 0.15) is 0 Å². The van der Waals surface area contributed by atoms with Crippen LogP contribution < -0.4 is 5.73 Å². The van der Waals surface area contributed by atoms with Gasteiger partial charge in [0.25, 0.3) is 0 Å². The Morgan fingerprint density at radius 1 is 1.40 bits per heavy atom. The molecule has 0 spiro atoms. The van der Waals surface area contributed by atoms with Gasteiger partial charge in [0.2, 0.25) is 5.84 Å². The average molecular weight is 284 g/mol. The van der Waals surface area contributed by atoms with Crippen LogP contribution in [0.2, 0.25) is 0 Å². The quantitative estimate of drug-likeness (QED) is 0.392. The van der Waals surface area contributed by atoms with Gasteiger partial charge in [0.15, 0.2) is 5.82 Å². The van der Waals surface area contributed by atoms with E-state index in [1.807, 2.05) is 0 Å². The summed E-state index contributed by atoms with van der Waals surface area (Å²) in [7, 11) is 0. The minimum absolute atomic E-state index is 0.134. The number of nitrogens with two attached hydrogens (primary N) is 1. The second-order valence-electron chi connectivity index (χ2n) is 4.06. The van der Waals surface area contributed by atoms with Gasteiger partial charge in [0.05, 0.1) is 5.56 Å². The van der Waals surface area contributed by atoms with Crippen LogP contribution in [0.5, 0.6) is 0 Å². The van der Waals surface area contributed by atoms with Crippen molar-refractivity contribution in [3.8, 4) is 0 Å². The molecular weight excluding hydrogens is 273 g/mol. The van der Waals surface area contributed by atoms with Crippen molar-refractivity contribution in [2.75, 3.05) is 0 Å². The highest BCUT2D eigenvalue weighted by molar-refractivity contribution is 5.93. The number of hydrogen-bond donors (Lipinski definition) is 2. The Labute approximate surface area is 112 Å². The maximum Gasteiger partial charge on any atom is 0.416 e. The number of alkyl halides is 3. The van der Waals surface area contributed by atoms with Crippen molar-refractivity contribution >= 4 is 5.84 Å². The topological polar surface area (TPSA) is 76.4 Å². The Bertz CT molecular complexity index is 634. The Balaban J connectivity index is 2.30. The monoisotopic (exact) mass is 284 g/mol. The second-order valence-corrected chi connectivity index (χ2v) is 4.06. The van der Waals surface area contributed by atoms with Gasteiger partial charge in [-0.2, -0.15) is 13.2 Å². The highest BCUT2D eigenvalue weighted by atomic mass is 19.4. The third-order valence-electron chi connectivity index (χ3n) is 2.66. The lowest BCUT2D eigenvalue weighted by Crippen LogP contribution is -2.20. The molecule has 5 nitrogen and oxygen atoms in total. The molecular formula is C12H11F3N4O. The van der Waals surface area contributed by atoms with E-state index in [4.69, 9.17) is 10.9 Å². The zero-order valence-corrected chi connectivity index (χ0v) is 10.2. The molecule has 0 saturated heterocycles. The minimum Gasteiger partial charge on any atom is -0.409 e. The van der Waals surface area contributed by atoms with Crippen LogP contribution in [-0.2, 0) is 12.7 Å². The molecule has 0 amide bonds. The summed E-state index contributed by atoms with van der Waals surface area (Å²) >= 11 is 0. The fourth-order valence-electron chi connectivity index (χ4n) is 1.76. The molecule has 106 valence electrons. The Hall–Kier alpha value is -2.51. The van der Waals surface area contributed by atoms with E-state index < -0.39 is 11.7 Å². The van der Waals surface area contributed by atoms with Crippen LogP contribution in [0.15, 0.2) is 41.8 Å². The summed E-state index contributed by atoms with van der Waals surface area (Å²) in [6.45, 7) is 0.134. The first-order valence-electron chi connectivity index (χ1n) is 5.57. The normalized spacial score (nSPS) is 12.7. The molecule has 1 aromatic heterocycles. The number of amidine groups is 1. The van der Waals surface area contributed by atoms with Crippen molar-refractivity contribution in [1.29, 1.82) is 0 Å². The second kappa shape index (κ2) is 5.24. The number of aromatic nitrogens is 2. The molecule has 0 unspecified atom stereocenters. The van der Waals surface area contributed by atoms with E-state index in [0.29, 0.717) is 5.56 Å². The molecule has 0 aliphatic rings. The van der Waals surface area contributed by atoms with Gasteiger partial charge in [-0.05, 0) is 17.7 Å². The van der Waals surface area contributed by atoms with Gasteiger partial charge in [-0.3, -0.25) is 0 Å². The maximum atomic E-state index is 12.6. The van der Waals surface area contributed by atoms with Gasteiger partial charge in [0, 0.05) is 18.9 Å². The predicted molar refractivity (Wildman–Crippen MR) is 65.3 cm³/mol. The standard InChI is InChI=1S/C12H11F3N4O/c13-12(14,15)9-3-1-2-8(6-9)7-19-5-4-17-11(19)10(16)18-20/h1-6,20H,7H2,(H2,16,18). The Morgan fingerprint density at radius 2 is 2.15 bits per heavy atom. The zero-order chi connectivity index (χ0) is 14.8. The van der Waals surface area contributed by atoms with Gasteiger partial charge < -0.3 is 15.5 Å². The smallest absolute Gasteiger partial charge is 0.409 e. The van der Waals surface area contributed by atoms with Crippen molar-refractivity contribution in [2.45, 2.75) is 12.7 Å². The van der Waals surface area contributed by atoms with Gasteiger partial charge in [-0.25, -0.2) is 4.98 Å². The summed E-state index contributed by atoms with van der Waals surface area (Å²) in [6, 6.07) is 4.95. The molecule has 0 aliphatic carbocycles. The minimum atomic E-state index is -4.39. The average Bonchev–Trinajstić information content (AvgIpc) is 2.85. The van der Waals surface area contributed by atoms with Crippen molar-refractivity contribution in [3.05, 3.63) is 53.6 Å². The summed E-state index contributed by atoms with van der Waals surface area (Å²) in [6.07, 6.45) is -1.44. The summed E-state index contributed by atoms with van der Waals surface area (Å²) in [5, 5.41) is 11.4. The molecule has 0 atom stereocenters. The van der Waals surface area contributed by atoms with Crippen LogP contribution in [0.25, 0.3) is 0 Å². The van der Waals surface area contributed by atoms with E-state index in [1.165, 1.54) is 23.0 Å². The first kappa shape index (κ1) is 13.9. The van der Waals surface area contributed by atoms with Crippen LogP contribution in [0.1, 0.15) is 17.0 Å². The number of hydrogen-bond acceptors (Lipinski definition) is 3. The van der Waals surface area contributed by atoms with Crippen LogP contribution in [0, 0.1) is 0 Å². The van der Waals surface area contributed by atoms with Gasteiger partial charge >= 0.3 is 6.18 Å². The van der Waals surface area contributed by atoms with E-state index in [0.717, 1.165) is 12.1 Å². The molecule has 3 N–H and O–H groups in total. The predicted octanol–water partition coefficient (Wildman–Crippen LogP) is 2.04. The SMILES string of the molecule is N/C(=N/O)c1nccn1Cc1cccc(C(F)(F)F)c1. The van der Waals surface area contributed by atoms with Crippen molar-refractivity contribution in [3.63, 3.8) is 0 Å².